The molecule has 1 aromatic heterocycles. The van der Waals surface area contributed by atoms with E-state index in [1.807, 2.05) is 0 Å². The Balaban J connectivity index is 1.62. The Kier molecular flexibility index (Phi) is 14.4. The lowest BCUT2D eigenvalue weighted by molar-refractivity contribution is 0.0726. The van der Waals surface area contributed by atoms with E-state index in [-0.39, 0.29) is 60.3 Å². The summed E-state index contributed by atoms with van der Waals surface area (Å²) < 4.78 is 35.5. The zero-order valence-electron chi connectivity index (χ0n) is 25.9. The summed E-state index contributed by atoms with van der Waals surface area (Å²) in [7, 11) is 2.45. The molecular weight excluding hydrogens is 608 g/mol. The summed E-state index contributed by atoms with van der Waals surface area (Å²) in [6, 6.07) is 8.25. The van der Waals surface area contributed by atoms with Gasteiger partial charge in [0.2, 0.25) is 0 Å². The Morgan fingerprint density at radius 2 is 1.17 bits per heavy atom. The number of nitrogens with one attached hydrogen (secondary N) is 4. The van der Waals surface area contributed by atoms with Gasteiger partial charge in [-0.25, -0.2) is 19.2 Å². The van der Waals surface area contributed by atoms with Gasteiger partial charge in [-0.15, -0.1) is 0 Å². The second kappa shape index (κ2) is 18.7. The van der Waals surface area contributed by atoms with Crippen molar-refractivity contribution in [2.24, 2.45) is 0 Å². The summed E-state index contributed by atoms with van der Waals surface area (Å²) in [4.78, 5) is 59.6. The minimum atomic E-state index is -0.759. The highest BCUT2D eigenvalue weighted by Crippen LogP contribution is 2.44. The number of methoxy groups -OCH3 is 2. The minimum absolute atomic E-state index is 0.00895. The number of ketones is 1. The summed E-state index contributed by atoms with van der Waals surface area (Å²) in [5, 5.41) is 12.6. The van der Waals surface area contributed by atoms with Gasteiger partial charge in [0, 0.05) is 43.9 Å². The van der Waals surface area contributed by atoms with Crippen molar-refractivity contribution in [3.05, 3.63) is 36.1 Å². The van der Waals surface area contributed by atoms with Crippen LogP contribution in [-0.2, 0) is 18.9 Å². The molecule has 16 nitrogen and oxygen atoms in total. The molecule has 0 aliphatic rings. The maximum atomic E-state index is 12.8. The average Bonchev–Trinajstić information content (AvgIpc) is 3.50. The summed E-state index contributed by atoms with van der Waals surface area (Å²) in [5.74, 6) is -0.193. The number of carbonyl (C=O) groups is 5. The fourth-order valence-corrected chi connectivity index (χ4v) is 4.11. The van der Waals surface area contributed by atoms with Gasteiger partial charge in [0.05, 0.1) is 19.6 Å². The molecule has 3 rings (SSSR count). The average molecular weight is 647 g/mol. The molecule has 4 N–H and O–H groups in total. The third-order valence-corrected chi connectivity index (χ3v) is 6.27. The maximum Gasteiger partial charge on any atom is 0.508 e. The van der Waals surface area contributed by atoms with E-state index in [1.165, 1.54) is 27.2 Å². The van der Waals surface area contributed by atoms with Crippen LogP contribution in [0.2, 0.25) is 0 Å². The van der Waals surface area contributed by atoms with Crippen molar-refractivity contribution in [1.29, 1.82) is 0 Å². The molecule has 46 heavy (non-hydrogen) atoms. The SMILES string of the molecule is COC(=O)OCCNCCCNC(=O)Oc1c2ccccc2c(OC(=O)NCCCNCCOC(=O)OC)c2oc(C(C)=O)cc12. The van der Waals surface area contributed by atoms with E-state index < -0.39 is 24.5 Å². The molecule has 0 spiro atoms. The number of amides is 2. The summed E-state index contributed by atoms with van der Waals surface area (Å²) in [6.45, 7) is 4.09. The Morgan fingerprint density at radius 3 is 1.67 bits per heavy atom. The standard InChI is InChI=1S/C30H38N4O12/c1-19(35)23-18-22-24(45-27(36)33-12-6-10-31-14-16-42-29(38)40-2)20-8-4-5-9-21(20)25(26(22)44-23)46-28(37)34-13-7-11-32-15-17-43-30(39)41-3/h4-5,8-9,18,31-32H,6-7,10-17H2,1-3H3,(H,33,36)(H,34,37). The molecule has 2 amide bonds. The Morgan fingerprint density at radius 1 is 0.674 bits per heavy atom. The van der Waals surface area contributed by atoms with Gasteiger partial charge in [0.25, 0.3) is 0 Å². The van der Waals surface area contributed by atoms with Crippen LogP contribution in [0.1, 0.15) is 30.3 Å². The number of hydrogen-bond donors (Lipinski definition) is 4. The van der Waals surface area contributed by atoms with Gasteiger partial charge in [-0.2, -0.15) is 0 Å². The molecule has 1 heterocycles. The van der Waals surface area contributed by atoms with Crippen molar-refractivity contribution < 1.29 is 56.8 Å². The number of carbonyl (C=O) groups excluding carboxylic acids is 5. The van der Waals surface area contributed by atoms with Crippen LogP contribution in [-0.4, -0.2) is 97.0 Å². The van der Waals surface area contributed by atoms with Crippen LogP contribution in [0, 0.1) is 0 Å². The van der Waals surface area contributed by atoms with E-state index in [9.17, 15) is 24.0 Å². The molecule has 3 aromatic rings. The van der Waals surface area contributed by atoms with Crippen LogP contribution in [0.3, 0.4) is 0 Å². The molecule has 0 fully saturated rings. The third-order valence-electron chi connectivity index (χ3n) is 6.27. The van der Waals surface area contributed by atoms with E-state index in [0.29, 0.717) is 49.8 Å². The Hall–Kier alpha value is -5.09. The first-order chi connectivity index (χ1) is 22.2. The zero-order chi connectivity index (χ0) is 33.3. The molecular formula is C30H38N4O12. The maximum absolute atomic E-state index is 12.8. The van der Waals surface area contributed by atoms with E-state index in [1.54, 1.807) is 24.3 Å². The second-order valence-corrected chi connectivity index (χ2v) is 9.56. The topological polar surface area (TPSA) is 202 Å². The number of Topliss-reactive ketones (excluding diaryl/α,β-unsaturated/α-hetero) is 1. The highest BCUT2D eigenvalue weighted by molar-refractivity contribution is 6.12. The first-order valence-electron chi connectivity index (χ1n) is 14.5. The van der Waals surface area contributed by atoms with Crippen molar-refractivity contribution in [1.82, 2.24) is 21.3 Å². The Labute approximate surface area is 264 Å². The quantitative estimate of drug-likeness (QED) is 0.0943. The molecule has 0 atom stereocenters. The van der Waals surface area contributed by atoms with E-state index >= 15 is 0 Å². The molecule has 0 saturated carbocycles. The van der Waals surface area contributed by atoms with Crippen molar-refractivity contribution in [3.8, 4) is 11.5 Å². The largest absolute Gasteiger partial charge is 0.508 e. The van der Waals surface area contributed by atoms with Crippen molar-refractivity contribution in [2.75, 3.05) is 66.7 Å². The molecule has 0 unspecified atom stereocenters. The summed E-state index contributed by atoms with van der Waals surface area (Å²) >= 11 is 0. The molecule has 0 bridgehead atoms. The minimum Gasteiger partial charge on any atom is -0.449 e. The molecule has 2 aromatic carbocycles. The van der Waals surface area contributed by atoms with Gasteiger partial charge < -0.3 is 54.1 Å². The van der Waals surface area contributed by atoms with Crippen molar-refractivity contribution in [3.63, 3.8) is 0 Å². The van der Waals surface area contributed by atoms with E-state index in [4.69, 9.17) is 23.4 Å². The molecule has 16 heteroatoms. The molecule has 0 aliphatic carbocycles. The number of fused-ring (bicyclic) bond motifs is 2. The highest BCUT2D eigenvalue weighted by atomic mass is 16.7. The lowest BCUT2D eigenvalue weighted by atomic mass is 10.1. The molecule has 0 saturated heterocycles. The number of ether oxygens (including phenoxy) is 6. The van der Waals surface area contributed by atoms with E-state index in [0.717, 1.165) is 0 Å². The number of rotatable bonds is 17. The van der Waals surface area contributed by atoms with Gasteiger partial charge in [0.15, 0.2) is 28.6 Å². The van der Waals surface area contributed by atoms with Crippen LogP contribution >= 0.6 is 0 Å². The van der Waals surface area contributed by atoms with Gasteiger partial charge in [-0.1, -0.05) is 24.3 Å². The number of benzene rings is 2. The second-order valence-electron chi connectivity index (χ2n) is 9.56. The smallest absolute Gasteiger partial charge is 0.449 e. The predicted molar refractivity (Wildman–Crippen MR) is 163 cm³/mol. The van der Waals surface area contributed by atoms with Gasteiger partial charge in [-0.3, -0.25) is 4.79 Å². The Bertz CT molecular complexity index is 1400. The van der Waals surface area contributed by atoms with Crippen LogP contribution in [0.4, 0.5) is 19.2 Å². The van der Waals surface area contributed by atoms with Gasteiger partial charge in [-0.05, 0) is 32.0 Å². The van der Waals surface area contributed by atoms with E-state index in [2.05, 4.69) is 30.7 Å². The normalized spacial score (nSPS) is 10.7. The fraction of sp³-hybridized carbons (Fsp3) is 0.433. The molecule has 0 aliphatic heterocycles. The molecule has 0 radical (unpaired) electrons. The molecule has 250 valence electrons. The van der Waals surface area contributed by atoms with Gasteiger partial charge in [0.1, 0.15) is 13.2 Å². The van der Waals surface area contributed by atoms with Gasteiger partial charge >= 0.3 is 24.5 Å². The first-order valence-corrected chi connectivity index (χ1v) is 14.5. The number of hydrogen-bond acceptors (Lipinski definition) is 14. The summed E-state index contributed by atoms with van der Waals surface area (Å²) in [5.41, 5.74) is 0.0625. The van der Waals surface area contributed by atoms with Crippen LogP contribution in [0.25, 0.3) is 21.7 Å². The lowest BCUT2D eigenvalue weighted by Crippen LogP contribution is -2.31. The highest BCUT2D eigenvalue weighted by Gasteiger charge is 2.24. The fourth-order valence-electron chi connectivity index (χ4n) is 4.11. The van der Waals surface area contributed by atoms with Crippen LogP contribution < -0.4 is 30.7 Å². The zero-order valence-corrected chi connectivity index (χ0v) is 25.9. The monoisotopic (exact) mass is 646 g/mol. The van der Waals surface area contributed by atoms with Crippen molar-refractivity contribution in [2.45, 2.75) is 19.8 Å². The van der Waals surface area contributed by atoms with Crippen LogP contribution in [0.5, 0.6) is 11.5 Å². The number of furan rings is 1. The summed E-state index contributed by atoms with van der Waals surface area (Å²) in [6.07, 6.45) is -1.89. The first kappa shape index (κ1) is 35.4. The van der Waals surface area contributed by atoms with Crippen LogP contribution in [0.15, 0.2) is 34.7 Å². The lowest BCUT2D eigenvalue weighted by Gasteiger charge is -2.14. The third kappa shape index (κ3) is 10.8. The predicted octanol–water partition coefficient (Wildman–Crippen LogP) is 3.49. The van der Waals surface area contributed by atoms with Crippen molar-refractivity contribution >= 4 is 52.0 Å².